The number of pyridine rings is 2. The lowest BCUT2D eigenvalue weighted by Gasteiger charge is -2.28. The summed E-state index contributed by atoms with van der Waals surface area (Å²) in [5, 5.41) is 24.1. The molecule has 0 radical (unpaired) electrons. The third-order valence-electron chi connectivity index (χ3n) is 5.89. The summed E-state index contributed by atoms with van der Waals surface area (Å²) in [5.74, 6) is 0. The van der Waals surface area contributed by atoms with E-state index in [9.17, 15) is 0 Å². The fourth-order valence-electron chi connectivity index (χ4n) is 4.11. The van der Waals surface area contributed by atoms with Crippen molar-refractivity contribution in [3.8, 4) is 11.1 Å². The summed E-state index contributed by atoms with van der Waals surface area (Å²) in [5.41, 5.74) is 4.86. The SMILES string of the molecule is OCCn1cc(-c2ccc3nnc(Sc4ccc5ncc(N6CCOCC6)cc5c4)n3c2)cn1. The van der Waals surface area contributed by atoms with Crippen LogP contribution in [0.5, 0.6) is 0 Å². The predicted molar refractivity (Wildman–Crippen MR) is 130 cm³/mol. The van der Waals surface area contributed by atoms with Crippen molar-refractivity contribution in [2.75, 3.05) is 37.8 Å². The van der Waals surface area contributed by atoms with Gasteiger partial charge in [0.05, 0.1) is 50.0 Å². The summed E-state index contributed by atoms with van der Waals surface area (Å²) in [6, 6.07) is 12.4. The molecule has 0 saturated carbocycles. The first-order valence-electron chi connectivity index (χ1n) is 11.2. The molecule has 0 amide bonds. The van der Waals surface area contributed by atoms with Gasteiger partial charge in [-0.05, 0) is 48.2 Å². The Hall–Kier alpha value is -3.47. The summed E-state index contributed by atoms with van der Waals surface area (Å²) in [4.78, 5) is 8.04. The average molecular weight is 474 g/mol. The highest BCUT2D eigenvalue weighted by molar-refractivity contribution is 7.99. The summed E-state index contributed by atoms with van der Waals surface area (Å²) in [6.45, 7) is 3.79. The number of benzene rings is 1. The Morgan fingerprint density at radius 2 is 1.88 bits per heavy atom. The molecule has 34 heavy (non-hydrogen) atoms. The summed E-state index contributed by atoms with van der Waals surface area (Å²) >= 11 is 1.57. The van der Waals surface area contributed by atoms with E-state index in [0.29, 0.717) is 6.54 Å². The minimum absolute atomic E-state index is 0.0571. The van der Waals surface area contributed by atoms with Crippen molar-refractivity contribution in [3.05, 3.63) is 61.2 Å². The number of anilines is 1. The van der Waals surface area contributed by atoms with Crippen molar-refractivity contribution in [1.29, 1.82) is 0 Å². The minimum Gasteiger partial charge on any atom is -0.394 e. The molecule has 0 aliphatic carbocycles. The van der Waals surface area contributed by atoms with Gasteiger partial charge in [0.25, 0.3) is 0 Å². The molecule has 5 heterocycles. The maximum atomic E-state index is 9.14. The van der Waals surface area contributed by atoms with Crippen molar-refractivity contribution in [2.24, 2.45) is 0 Å². The first-order chi connectivity index (χ1) is 16.8. The summed E-state index contributed by atoms with van der Waals surface area (Å²) < 4.78 is 9.20. The van der Waals surface area contributed by atoms with Crippen LogP contribution in [0, 0.1) is 0 Å². The third-order valence-corrected chi connectivity index (χ3v) is 6.84. The van der Waals surface area contributed by atoms with Gasteiger partial charge >= 0.3 is 0 Å². The third kappa shape index (κ3) is 4.11. The van der Waals surface area contributed by atoms with Gasteiger partial charge in [-0.25, -0.2) is 0 Å². The molecule has 1 saturated heterocycles. The van der Waals surface area contributed by atoms with Crippen LogP contribution in [0.1, 0.15) is 0 Å². The lowest BCUT2D eigenvalue weighted by atomic mass is 10.2. The molecule has 5 aromatic rings. The van der Waals surface area contributed by atoms with Gasteiger partial charge in [0.2, 0.25) is 0 Å². The van der Waals surface area contributed by atoms with Gasteiger partial charge in [-0.1, -0.05) is 0 Å². The average Bonchev–Trinajstić information content (AvgIpc) is 3.51. The van der Waals surface area contributed by atoms with E-state index in [0.717, 1.165) is 69.7 Å². The van der Waals surface area contributed by atoms with Crippen molar-refractivity contribution < 1.29 is 9.84 Å². The van der Waals surface area contributed by atoms with E-state index in [-0.39, 0.29) is 6.61 Å². The van der Waals surface area contributed by atoms with Crippen LogP contribution >= 0.6 is 11.8 Å². The number of aliphatic hydroxyl groups is 1. The van der Waals surface area contributed by atoms with Crippen LogP contribution in [-0.2, 0) is 11.3 Å². The molecule has 9 nitrogen and oxygen atoms in total. The zero-order valence-electron chi connectivity index (χ0n) is 18.4. The van der Waals surface area contributed by atoms with Crippen LogP contribution in [0.15, 0.2) is 71.2 Å². The zero-order valence-corrected chi connectivity index (χ0v) is 19.2. The Bertz CT molecular complexity index is 1460. The van der Waals surface area contributed by atoms with Gasteiger partial charge in [-0.3, -0.25) is 14.1 Å². The second-order valence-electron chi connectivity index (χ2n) is 8.09. The number of fused-ring (bicyclic) bond motifs is 2. The fraction of sp³-hybridized carbons (Fsp3) is 0.250. The highest BCUT2D eigenvalue weighted by atomic mass is 32.2. The van der Waals surface area contributed by atoms with E-state index in [4.69, 9.17) is 9.84 Å². The highest BCUT2D eigenvalue weighted by Gasteiger charge is 2.14. The Balaban J connectivity index is 1.30. The number of morpholine rings is 1. The lowest BCUT2D eigenvalue weighted by Crippen LogP contribution is -2.36. The largest absolute Gasteiger partial charge is 0.394 e. The number of aromatic nitrogens is 6. The van der Waals surface area contributed by atoms with Crippen LogP contribution in [0.2, 0.25) is 0 Å². The molecule has 0 unspecified atom stereocenters. The number of aliphatic hydroxyl groups excluding tert-OH is 1. The van der Waals surface area contributed by atoms with Gasteiger partial charge in [-0.2, -0.15) is 5.10 Å². The molecular formula is C24H23N7O2S. The molecule has 1 aliphatic heterocycles. The quantitative estimate of drug-likeness (QED) is 0.402. The van der Waals surface area contributed by atoms with Gasteiger partial charge < -0.3 is 14.7 Å². The van der Waals surface area contributed by atoms with Crippen LogP contribution in [0.25, 0.3) is 27.7 Å². The van der Waals surface area contributed by atoms with E-state index in [1.54, 1.807) is 22.6 Å². The Morgan fingerprint density at radius 3 is 2.76 bits per heavy atom. The monoisotopic (exact) mass is 473 g/mol. The molecule has 10 heteroatoms. The van der Waals surface area contributed by atoms with E-state index in [2.05, 4.69) is 43.4 Å². The first kappa shape index (κ1) is 21.1. The Kier molecular flexibility index (Phi) is 5.61. The van der Waals surface area contributed by atoms with Gasteiger partial charge in [0.15, 0.2) is 10.8 Å². The molecule has 1 aliphatic rings. The van der Waals surface area contributed by atoms with Crippen molar-refractivity contribution in [1.82, 2.24) is 29.4 Å². The molecular weight excluding hydrogens is 450 g/mol. The standard InChI is InChI=1S/C24H23N7O2S/c32-8-5-30-15-19(13-26-30)17-1-4-23-27-28-24(31(23)16-17)34-21-2-3-22-18(12-21)11-20(14-25-22)29-6-9-33-10-7-29/h1-4,11-16,32H,5-10H2. The Morgan fingerprint density at radius 1 is 0.971 bits per heavy atom. The predicted octanol–water partition coefficient (Wildman–Crippen LogP) is 3.12. The molecule has 1 N–H and O–H groups in total. The second-order valence-corrected chi connectivity index (χ2v) is 9.13. The minimum atomic E-state index is 0.0571. The number of nitrogens with zero attached hydrogens (tertiary/aromatic N) is 7. The zero-order chi connectivity index (χ0) is 22.9. The molecule has 1 aromatic carbocycles. The van der Waals surface area contributed by atoms with E-state index >= 15 is 0 Å². The van der Waals surface area contributed by atoms with Crippen LogP contribution in [0.3, 0.4) is 0 Å². The smallest absolute Gasteiger partial charge is 0.200 e. The van der Waals surface area contributed by atoms with Crippen molar-refractivity contribution >= 4 is 34.0 Å². The molecule has 0 atom stereocenters. The number of rotatable bonds is 6. The van der Waals surface area contributed by atoms with Gasteiger partial charge in [-0.15, -0.1) is 10.2 Å². The number of ether oxygens (including phenoxy) is 1. The molecule has 4 aromatic heterocycles. The topological polar surface area (TPSA) is 93.6 Å². The molecule has 0 bridgehead atoms. The highest BCUT2D eigenvalue weighted by Crippen LogP contribution is 2.31. The lowest BCUT2D eigenvalue weighted by molar-refractivity contribution is 0.122. The van der Waals surface area contributed by atoms with Crippen LogP contribution < -0.4 is 4.90 Å². The van der Waals surface area contributed by atoms with Crippen molar-refractivity contribution in [2.45, 2.75) is 16.6 Å². The second kappa shape index (κ2) is 9.05. The van der Waals surface area contributed by atoms with E-state index in [1.807, 2.05) is 41.2 Å². The fourth-order valence-corrected chi connectivity index (χ4v) is 4.97. The van der Waals surface area contributed by atoms with Crippen LogP contribution in [0.4, 0.5) is 5.69 Å². The molecule has 172 valence electrons. The maximum absolute atomic E-state index is 9.14. The summed E-state index contributed by atoms with van der Waals surface area (Å²) in [7, 11) is 0. The van der Waals surface area contributed by atoms with Crippen LogP contribution in [-0.4, -0.2) is 67.4 Å². The van der Waals surface area contributed by atoms with Crippen molar-refractivity contribution in [3.63, 3.8) is 0 Å². The van der Waals surface area contributed by atoms with E-state index < -0.39 is 0 Å². The molecule has 1 fully saturated rings. The molecule has 6 rings (SSSR count). The molecule has 0 spiro atoms. The number of hydrogen-bond acceptors (Lipinski definition) is 8. The maximum Gasteiger partial charge on any atom is 0.200 e. The number of hydrogen-bond donors (Lipinski definition) is 1. The van der Waals surface area contributed by atoms with E-state index in [1.165, 1.54) is 0 Å². The normalized spacial score (nSPS) is 14.3. The van der Waals surface area contributed by atoms with Gasteiger partial charge in [0.1, 0.15) is 0 Å². The Labute approximate surface area is 200 Å². The van der Waals surface area contributed by atoms with Gasteiger partial charge in [0, 0.05) is 46.9 Å². The summed E-state index contributed by atoms with van der Waals surface area (Å²) in [6.07, 6.45) is 7.70. The first-order valence-corrected chi connectivity index (χ1v) is 12.0.